The summed E-state index contributed by atoms with van der Waals surface area (Å²) in [5.41, 5.74) is 2.19. The molecule has 0 bridgehead atoms. The monoisotopic (exact) mass is 443 g/mol. The highest BCUT2D eigenvalue weighted by Gasteiger charge is 2.23. The van der Waals surface area contributed by atoms with E-state index in [9.17, 15) is 13.2 Å². The molecule has 2 atom stereocenters. The maximum atomic E-state index is 12.6. The lowest BCUT2D eigenvalue weighted by atomic mass is 10.1. The van der Waals surface area contributed by atoms with Crippen LogP contribution >= 0.6 is 11.8 Å². The fourth-order valence-corrected chi connectivity index (χ4v) is 4.52. The Bertz CT molecular complexity index is 758. The van der Waals surface area contributed by atoms with E-state index in [2.05, 4.69) is 34.0 Å². The standard InChI is InChI=1S/C20H33N3O4S2/c1-4-29(25,26)22-19(8-11-28-3)20(24)21-13-17-6-5-7-18(12-17)15-23-9-10-27-16(2)14-23/h5-7,12,16,19,22H,4,8-11,13-15H2,1-3H3,(H,21,24). The van der Waals surface area contributed by atoms with Crippen molar-refractivity contribution in [1.82, 2.24) is 14.9 Å². The van der Waals surface area contributed by atoms with Crippen molar-refractivity contribution in [3.8, 4) is 0 Å². The number of sulfonamides is 1. The quantitative estimate of drug-likeness (QED) is 0.540. The van der Waals surface area contributed by atoms with E-state index < -0.39 is 16.1 Å². The van der Waals surface area contributed by atoms with Crippen LogP contribution in [0, 0.1) is 0 Å². The second-order valence-electron chi connectivity index (χ2n) is 7.31. The summed E-state index contributed by atoms with van der Waals surface area (Å²) < 4.78 is 31.9. The van der Waals surface area contributed by atoms with Gasteiger partial charge in [-0.25, -0.2) is 13.1 Å². The summed E-state index contributed by atoms with van der Waals surface area (Å²) in [4.78, 5) is 14.9. The smallest absolute Gasteiger partial charge is 0.238 e. The molecule has 7 nitrogen and oxygen atoms in total. The maximum Gasteiger partial charge on any atom is 0.238 e. The van der Waals surface area contributed by atoms with Crippen molar-refractivity contribution in [2.75, 3.05) is 37.5 Å². The lowest BCUT2D eigenvalue weighted by molar-refractivity contribution is -0.122. The van der Waals surface area contributed by atoms with Crippen LogP contribution in [-0.4, -0.2) is 68.8 Å². The molecule has 1 aliphatic rings. The van der Waals surface area contributed by atoms with Crippen molar-refractivity contribution in [2.24, 2.45) is 0 Å². The summed E-state index contributed by atoms with van der Waals surface area (Å²) in [7, 11) is -3.44. The predicted octanol–water partition coefficient (Wildman–Crippen LogP) is 1.58. The SMILES string of the molecule is CCS(=O)(=O)NC(CCSC)C(=O)NCc1cccc(CN2CCOC(C)C2)c1. The van der Waals surface area contributed by atoms with Gasteiger partial charge in [0.2, 0.25) is 15.9 Å². The van der Waals surface area contributed by atoms with E-state index in [-0.39, 0.29) is 17.8 Å². The van der Waals surface area contributed by atoms with Gasteiger partial charge in [0.1, 0.15) is 6.04 Å². The van der Waals surface area contributed by atoms with Gasteiger partial charge in [-0.05, 0) is 43.4 Å². The molecule has 0 aromatic heterocycles. The van der Waals surface area contributed by atoms with Crippen LogP contribution in [0.5, 0.6) is 0 Å². The Kier molecular flexibility index (Phi) is 9.91. The number of rotatable bonds is 11. The molecule has 1 saturated heterocycles. The Balaban J connectivity index is 1.93. The van der Waals surface area contributed by atoms with Crippen molar-refractivity contribution in [1.29, 1.82) is 0 Å². The molecule has 1 aromatic rings. The Morgan fingerprint density at radius 2 is 2.14 bits per heavy atom. The number of carbonyl (C=O) groups excluding carboxylic acids is 1. The topological polar surface area (TPSA) is 87.7 Å². The number of ether oxygens (including phenoxy) is 1. The highest BCUT2D eigenvalue weighted by atomic mass is 32.2. The van der Waals surface area contributed by atoms with Gasteiger partial charge in [-0.3, -0.25) is 9.69 Å². The average Bonchev–Trinajstić information content (AvgIpc) is 2.69. The summed E-state index contributed by atoms with van der Waals surface area (Å²) in [6.07, 6.45) is 2.64. The number of hydrogen-bond acceptors (Lipinski definition) is 6. The highest BCUT2D eigenvalue weighted by Crippen LogP contribution is 2.12. The van der Waals surface area contributed by atoms with Gasteiger partial charge in [0.05, 0.1) is 18.5 Å². The predicted molar refractivity (Wildman–Crippen MR) is 118 cm³/mol. The lowest BCUT2D eigenvalue weighted by Gasteiger charge is -2.31. The fourth-order valence-electron chi connectivity index (χ4n) is 3.22. The van der Waals surface area contributed by atoms with E-state index in [0.29, 0.717) is 18.7 Å². The molecule has 1 aliphatic heterocycles. The summed E-state index contributed by atoms with van der Waals surface area (Å²) in [5, 5.41) is 2.88. The van der Waals surface area contributed by atoms with Crippen LogP contribution in [0.1, 0.15) is 31.4 Å². The van der Waals surface area contributed by atoms with Crippen molar-refractivity contribution < 1.29 is 17.9 Å². The minimum atomic E-state index is -3.44. The van der Waals surface area contributed by atoms with E-state index in [1.54, 1.807) is 18.7 Å². The van der Waals surface area contributed by atoms with Gasteiger partial charge in [0.15, 0.2) is 0 Å². The van der Waals surface area contributed by atoms with E-state index in [1.165, 1.54) is 5.56 Å². The zero-order valence-electron chi connectivity index (χ0n) is 17.5. The van der Waals surface area contributed by atoms with Crippen LogP contribution in [0.4, 0.5) is 0 Å². The van der Waals surface area contributed by atoms with E-state index in [1.807, 2.05) is 18.4 Å². The molecule has 2 unspecified atom stereocenters. The second kappa shape index (κ2) is 11.9. The van der Waals surface area contributed by atoms with Crippen LogP contribution in [0.3, 0.4) is 0 Å². The first-order valence-corrected chi connectivity index (χ1v) is 13.1. The van der Waals surface area contributed by atoms with Crippen molar-refractivity contribution >= 4 is 27.7 Å². The Hall–Kier alpha value is -1.13. The zero-order valence-corrected chi connectivity index (χ0v) is 19.2. The molecule has 29 heavy (non-hydrogen) atoms. The molecule has 2 N–H and O–H groups in total. The molecule has 0 radical (unpaired) electrons. The molecular weight excluding hydrogens is 410 g/mol. The van der Waals surface area contributed by atoms with Gasteiger partial charge < -0.3 is 10.1 Å². The van der Waals surface area contributed by atoms with Gasteiger partial charge >= 0.3 is 0 Å². The van der Waals surface area contributed by atoms with Gasteiger partial charge in [0.25, 0.3) is 0 Å². The molecule has 164 valence electrons. The number of nitrogens with one attached hydrogen (secondary N) is 2. The van der Waals surface area contributed by atoms with Crippen LogP contribution in [0.2, 0.25) is 0 Å². The fraction of sp³-hybridized carbons (Fsp3) is 0.650. The maximum absolute atomic E-state index is 12.6. The Morgan fingerprint density at radius 3 is 2.83 bits per heavy atom. The average molecular weight is 444 g/mol. The number of nitrogens with zero attached hydrogens (tertiary/aromatic N) is 1. The summed E-state index contributed by atoms with van der Waals surface area (Å²) in [6.45, 7) is 7.44. The van der Waals surface area contributed by atoms with Crippen LogP contribution in [0.25, 0.3) is 0 Å². The van der Waals surface area contributed by atoms with Crippen molar-refractivity contribution in [2.45, 2.75) is 45.5 Å². The van der Waals surface area contributed by atoms with Crippen LogP contribution in [-0.2, 0) is 32.6 Å². The third-order valence-corrected chi connectivity index (χ3v) is 6.87. The van der Waals surface area contributed by atoms with Gasteiger partial charge in [-0.2, -0.15) is 11.8 Å². The number of carbonyl (C=O) groups is 1. The van der Waals surface area contributed by atoms with Crippen molar-refractivity contribution in [3.63, 3.8) is 0 Å². The molecule has 1 aromatic carbocycles. The molecular formula is C20H33N3O4S2. The summed E-state index contributed by atoms with van der Waals surface area (Å²) in [5.74, 6) is 0.374. The third kappa shape index (κ3) is 8.64. The lowest BCUT2D eigenvalue weighted by Crippen LogP contribution is -2.47. The summed E-state index contributed by atoms with van der Waals surface area (Å²) in [6, 6.07) is 7.39. The highest BCUT2D eigenvalue weighted by molar-refractivity contribution is 7.98. The first-order chi connectivity index (χ1) is 13.8. The molecule has 0 spiro atoms. The second-order valence-corrected chi connectivity index (χ2v) is 10.3. The molecule has 0 aliphatic carbocycles. The number of amides is 1. The molecule has 1 amide bonds. The number of morpholine rings is 1. The minimum absolute atomic E-state index is 0.0434. The Morgan fingerprint density at radius 1 is 1.38 bits per heavy atom. The molecule has 2 rings (SSSR count). The molecule has 1 fully saturated rings. The van der Waals surface area contributed by atoms with Gasteiger partial charge in [-0.15, -0.1) is 0 Å². The third-order valence-electron chi connectivity index (χ3n) is 4.82. The summed E-state index contributed by atoms with van der Waals surface area (Å²) >= 11 is 1.59. The largest absolute Gasteiger partial charge is 0.376 e. The van der Waals surface area contributed by atoms with E-state index >= 15 is 0 Å². The first-order valence-electron chi connectivity index (χ1n) is 10.0. The number of thioether (sulfide) groups is 1. The van der Waals surface area contributed by atoms with E-state index in [0.717, 1.165) is 31.8 Å². The van der Waals surface area contributed by atoms with Gasteiger partial charge in [0, 0.05) is 26.2 Å². The normalized spacial score (nSPS) is 19.1. The molecule has 9 heteroatoms. The van der Waals surface area contributed by atoms with Crippen LogP contribution < -0.4 is 10.0 Å². The zero-order chi connectivity index (χ0) is 21.3. The first kappa shape index (κ1) is 24.1. The Labute approximate surface area is 179 Å². The number of benzene rings is 1. The van der Waals surface area contributed by atoms with Crippen molar-refractivity contribution in [3.05, 3.63) is 35.4 Å². The van der Waals surface area contributed by atoms with E-state index in [4.69, 9.17) is 4.74 Å². The molecule has 0 saturated carbocycles. The number of hydrogen-bond donors (Lipinski definition) is 2. The van der Waals surface area contributed by atoms with Crippen LogP contribution in [0.15, 0.2) is 24.3 Å². The minimum Gasteiger partial charge on any atom is -0.376 e. The van der Waals surface area contributed by atoms with Gasteiger partial charge in [-0.1, -0.05) is 24.3 Å². The molecule has 1 heterocycles.